The van der Waals surface area contributed by atoms with Crippen molar-refractivity contribution in [2.45, 2.75) is 31.7 Å². The number of aromatic nitrogens is 2. The number of amides is 1. The van der Waals surface area contributed by atoms with E-state index >= 15 is 0 Å². The number of thiophene rings is 1. The average Bonchev–Trinajstić information content (AvgIpc) is 3.10. The SMILES string of the molecule is NC1CCCN(C(=O)C2CCCN(c3ncnc4sccc34)C2)C1. The third-order valence-corrected chi connectivity index (χ3v) is 5.90. The fraction of sp³-hybridized carbons (Fsp3) is 0.588. The zero-order chi connectivity index (χ0) is 16.5. The Kier molecular flexibility index (Phi) is 4.37. The lowest BCUT2D eigenvalue weighted by molar-refractivity contribution is -0.137. The van der Waals surface area contributed by atoms with Crippen molar-refractivity contribution < 1.29 is 4.79 Å². The Morgan fingerprint density at radius 3 is 2.96 bits per heavy atom. The molecule has 4 heterocycles. The van der Waals surface area contributed by atoms with Gasteiger partial charge in [0.1, 0.15) is 17.0 Å². The topological polar surface area (TPSA) is 75.3 Å². The number of nitrogens with zero attached hydrogens (tertiary/aromatic N) is 4. The molecule has 2 atom stereocenters. The molecular formula is C17H23N5OS. The van der Waals surface area contributed by atoms with Gasteiger partial charge in [-0.3, -0.25) is 4.79 Å². The van der Waals surface area contributed by atoms with E-state index < -0.39 is 0 Å². The molecule has 2 saturated heterocycles. The number of nitrogens with two attached hydrogens (primary N) is 1. The van der Waals surface area contributed by atoms with Crippen molar-refractivity contribution in [3.63, 3.8) is 0 Å². The average molecular weight is 345 g/mol. The molecule has 7 heteroatoms. The summed E-state index contributed by atoms with van der Waals surface area (Å²) in [6, 6.07) is 2.21. The van der Waals surface area contributed by atoms with Crippen LogP contribution in [0, 0.1) is 5.92 Å². The molecule has 6 nitrogen and oxygen atoms in total. The Balaban J connectivity index is 1.51. The number of carbonyl (C=O) groups is 1. The summed E-state index contributed by atoms with van der Waals surface area (Å²) >= 11 is 1.63. The number of rotatable bonds is 2. The van der Waals surface area contributed by atoms with E-state index in [-0.39, 0.29) is 17.9 Å². The van der Waals surface area contributed by atoms with Crippen LogP contribution in [0.15, 0.2) is 17.8 Å². The Hall–Kier alpha value is -1.73. The van der Waals surface area contributed by atoms with Gasteiger partial charge in [-0.2, -0.15) is 0 Å². The molecule has 0 bridgehead atoms. The fourth-order valence-corrected chi connectivity index (χ4v) is 4.60. The lowest BCUT2D eigenvalue weighted by atomic mass is 9.95. The van der Waals surface area contributed by atoms with Crippen LogP contribution >= 0.6 is 11.3 Å². The third-order valence-electron chi connectivity index (χ3n) is 5.08. The molecule has 0 aliphatic carbocycles. The molecule has 2 aromatic heterocycles. The lowest BCUT2D eigenvalue weighted by Gasteiger charge is -2.38. The summed E-state index contributed by atoms with van der Waals surface area (Å²) in [5, 5.41) is 3.14. The molecule has 1 amide bonds. The second-order valence-electron chi connectivity index (χ2n) is 6.81. The first kappa shape index (κ1) is 15.8. The molecule has 0 saturated carbocycles. The van der Waals surface area contributed by atoms with E-state index in [9.17, 15) is 4.79 Å². The summed E-state index contributed by atoms with van der Waals surface area (Å²) in [5.74, 6) is 1.28. The van der Waals surface area contributed by atoms with Crippen molar-refractivity contribution in [1.29, 1.82) is 0 Å². The molecule has 0 spiro atoms. The first-order chi connectivity index (χ1) is 11.7. The number of hydrogen-bond donors (Lipinski definition) is 1. The van der Waals surface area contributed by atoms with Crippen LogP contribution in [-0.2, 0) is 4.79 Å². The van der Waals surface area contributed by atoms with Gasteiger partial charge in [-0.05, 0) is 37.1 Å². The predicted molar refractivity (Wildman–Crippen MR) is 96.1 cm³/mol. The maximum Gasteiger partial charge on any atom is 0.227 e. The molecule has 2 unspecified atom stereocenters. The molecular weight excluding hydrogens is 322 g/mol. The predicted octanol–water partition coefficient (Wildman–Crippen LogP) is 1.86. The van der Waals surface area contributed by atoms with Crippen molar-refractivity contribution in [3.8, 4) is 0 Å². The van der Waals surface area contributed by atoms with Crippen molar-refractivity contribution >= 4 is 33.3 Å². The van der Waals surface area contributed by atoms with Crippen LogP contribution in [0.25, 0.3) is 10.2 Å². The minimum Gasteiger partial charge on any atom is -0.355 e. The van der Waals surface area contributed by atoms with Gasteiger partial charge in [0.05, 0.1) is 11.3 Å². The Labute approximate surface area is 145 Å². The normalized spacial score (nSPS) is 25.2. The maximum atomic E-state index is 12.9. The molecule has 4 rings (SSSR count). The monoisotopic (exact) mass is 345 g/mol. The highest BCUT2D eigenvalue weighted by Gasteiger charge is 2.32. The maximum absolute atomic E-state index is 12.9. The van der Waals surface area contributed by atoms with Crippen molar-refractivity contribution in [2.24, 2.45) is 11.7 Å². The highest BCUT2D eigenvalue weighted by Crippen LogP contribution is 2.30. The summed E-state index contributed by atoms with van der Waals surface area (Å²) in [6.07, 6.45) is 5.65. The summed E-state index contributed by atoms with van der Waals surface area (Å²) in [4.78, 5) is 27.0. The van der Waals surface area contributed by atoms with Crippen molar-refractivity contribution in [2.75, 3.05) is 31.1 Å². The largest absolute Gasteiger partial charge is 0.355 e. The Morgan fingerprint density at radius 2 is 2.08 bits per heavy atom. The zero-order valence-electron chi connectivity index (χ0n) is 13.7. The van der Waals surface area contributed by atoms with Gasteiger partial charge in [-0.15, -0.1) is 11.3 Å². The minimum atomic E-state index is 0.0488. The van der Waals surface area contributed by atoms with Gasteiger partial charge in [0.25, 0.3) is 0 Å². The van der Waals surface area contributed by atoms with E-state index in [1.807, 2.05) is 10.3 Å². The number of anilines is 1. The van der Waals surface area contributed by atoms with Gasteiger partial charge in [-0.1, -0.05) is 0 Å². The summed E-state index contributed by atoms with van der Waals surface area (Å²) in [5.41, 5.74) is 6.04. The van der Waals surface area contributed by atoms with Crippen LogP contribution in [0.5, 0.6) is 0 Å². The van der Waals surface area contributed by atoms with Gasteiger partial charge < -0.3 is 15.5 Å². The van der Waals surface area contributed by atoms with E-state index in [1.165, 1.54) is 0 Å². The molecule has 0 radical (unpaired) electrons. The highest BCUT2D eigenvalue weighted by molar-refractivity contribution is 7.16. The van der Waals surface area contributed by atoms with Gasteiger partial charge in [0.2, 0.25) is 5.91 Å². The van der Waals surface area contributed by atoms with Gasteiger partial charge in [0.15, 0.2) is 0 Å². The highest BCUT2D eigenvalue weighted by atomic mass is 32.1. The molecule has 2 N–H and O–H groups in total. The van der Waals surface area contributed by atoms with Crippen molar-refractivity contribution in [3.05, 3.63) is 17.8 Å². The molecule has 2 fully saturated rings. The minimum absolute atomic E-state index is 0.0488. The Bertz CT molecular complexity index is 733. The molecule has 2 aliphatic rings. The lowest BCUT2D eigenvalue weighted by Crippen LogP contribution is -2.50. The summed E-state index contributed by atoms with van der Waals surface area (Å²) < 4.78 is 0. The van der Waals surface area contributed by atoms with E-state index in [2.05, 4.69) is 20.9 Å². The quantitative estimate of drug-likeness (QED) is 0.899. The van der Waals surface area contributed by atoms with Crippen LogP contribution in [0.2, 0.25) is 0 Å². The van der Waals surface area contributed by atoms with Crippen LogP contribution in [-0.4, -0.2) is 53.0 Å². The zero-order valence-corrected chi connectivity index (χ0v) is 14.5. The third kappa shape index (κ3) is 2.98. The van der Waals surface area contributed by atoms with E-state index in [1.54, 1.807) is 17.7 Å². The van der Waals surface area contributed by atoms with Crippen LogP contribution < -0.4 is 10.6 Å². The number of hydrogen-bond acceptors (Lipinski definition) is 6. The Morgan fingerprint density at radius 1 is 1.21 bits per heavy atom. The second kappa shape index (κ2) is 6.64. The fourth-order valence-electron chi connectivity index (χ4n) is 3.87. The molecule has 24 heavy (non-hydrogen) atoms. The molecule has 2 aliphatic heterocycles. The van der Waals surface area contributed by atoms with Crippen LogP contribution in [0.3, 0.4) is 0 Å². The van der Waals surface area contributed by atoms with Crippen LogP contribution in [0.1, 0.15) is 25.7 Å². The van der Waals surface area contributed by atoms with E-state index in [0.717, 1.165) is 61.4 Å². The summed E-state index contributed by atoms with van der Waals surface area (Å²) in [7, 11) is 0. The number of likely N-dealkylation sites (tertiary alicyclic amines) is 1. The summed E-state index contributed by atoms with van der Waals surface area (Å²) in [6.45, 7) is 3.25. The first-order valence-electron chi connectivity index (χ1n) is 8.70. The molecule has 2 aromatic rings. The standard InChI is InChI=1S/C17H23N5OS/c18-13-4-2-7-22(10-13)17(23)12-3-1-6-21(9-12)15-14-5-8-24-16(14)20-11-19-15/h5,8,11-13H,1-4,6-7,9-10,18H2. The van der Waals surface area contributed by atoms with Gasteiger partial charge in [-0.25, -0.2) is 9.97 Å². The molecule has 128 valence electrons. The van der Waals surface area contributed by atoms with Gasteiger partial charge in [0, 0.05) is 32.2 Å². The van der Waals surface area contributed by atoms with Gasteiger partial charge >= 0.3 is 0 Å². The van der Waals surface area contributed by atoms with E-state index in [4.69, 9.17) is 5.73 Å². The first-order valence-corrected chi connectivity index (χ1v) is 9.58. The molecule has 0 aromatic carbocycles. The number of piperidine rings is 2. The van der Waals surface area contributed by atoms with E-state index in [0.29, 0.717) is 6.54 Å². The van der Waals surface area contributed by atoms with Crippen LogP contribution in [0.4, 0.5) is 5.82 Å². The number of carbonyl (C=O) groups excluding carboxylic acids is 1. The second-order valence-corrected chi connectivity index (χ2v) is 7.70. The smallest absolute Gasteiger partial charge is 0.227 e. The van der Waals surface area contributed by atoms with Crippen molar-refractivity contribution in [1.82, 2.24) is 14.9 Å². The number of fused-ring (bicyclic) bond motifs is 1.